The van der Waals surface area contributed by atoms with Gasteiger partial charge in [0.1, 0.15) is 5.82 Å². The van der Waals surface area contributed by atoms with Gasteiger partial charge in [-0.3, -0.25) is 9.59 Å². The Labute approximate surface area is 142 Å². The molecule has 24 heavy (non-hydrogen) atoms. The Kier molecular flexibility index (Phi) is 5.39. The van der Waals surface area contributed by atoms with E-state index < -0.39 is 0 Å². The van der Waals surface area contributed by atoms with Crippen molar-refractivity contribution in [3.8, 4) is 0 Å². The highest BCUT2D eigenvalue weighted by molar-refractivity contribution is 5.90. The van der Waals surface area contributed by atoms with E-state index in [2.05, 4.69) is 35.3 Å². The maximum Gasteiger partial charge on any atom is 0.246 e. The molecule has 0 radical (unpaired) electrons. The molecule has 1 aromatic heterocycles. The van der Waals surface area contributed by atoms with Gasteiger partial charge in [0.25, 0.3) is 0 Å². The highest BCUT2D eigenvalue weighted by atomic mass is 16.2. The van der Waals surface area contributed by atoms with Crippen LogP contribution >= 0.6 is 0 Å². The lowest BCUT2D eigenvalue weighted by Gasteiger charge is -2.20. The van der Waals surface area contributed by atoms with Gasteiger partial charge in [0, 0.05) is 13.1 Å². The molecule has 6 heteroatoms. The van der Waals surface area contributed by atoms with Crippen LogP contribution in [0.15, 0.2) is 36.9 Å². The minimum Gasteiger partial charge on any atom is -0.345 e. The molecular formula is C18H24N4O2. The number of rotatable bonds is 6. The number of carbonyl (C=O) groups excluding carboxylic acids is 2. The molecule has 0 aliphatic carbocycles. The van der Waals surface area contributed by atoms with E-state index in [1.165, 1.54) is 11.0 Å². The lowest BCUT2D eigenvalue weighted by Crippen LogP contribution is -2.39. The molecule has 1 N–H and O–H groups in total. The van der Waals surface area contributed by atoms with Crippen molar-refractivity contribution in [2.24, 2.45) is 0 Å². The molecule has 2 rings (SSSR count). The molecule has 2 amide bonds. The van der Waals surface area contributed by atoms with Crippen molar-refractivity contribution in [3.05, 3.63) is 42.7 Å². The van der Waals surface area contributed by atoms with Gasteiger partial charge >= 0.3 is 0 Å². The summed E-state index contributed by atoms with van der Waals surface area (Å²) in [6, 6.07) is 7.87. The first-order valence-electron chi connectivity index (χ1n) is 7.99. The summed E-state index contributed by atoms with van der Waals surface area (Å²) in [7, 11) is 1.57. The highest BCUT2D eigenvalue weighted by Crippen LogP contribution is 2.24. The topological polar surface area (TPSA) is 67.2 Å². The van der Waals surface area contributed by atoms with E-state index in [4.69, 9.17) is 0 Å². The summed E-state index contributed by atoms with van der Waals surface area (Å²) < 4.78 is 2.12. The molecular weight excluding hydrogens is 304 g/mol. The number of nitrogens with one attached hydrogen (secondary N) is 1. The van der Waals surface area contributed by atoms with E-state index in [1.54, 1.807) is 7.05 Å². The Morgan fingerprint density at radius 1 is 1.33 bits per heavy atom. The fourth-order valence-corrected chi connectivity index (χ4v) is 2.71. The minimum absolute atomic E-state index is 0.0168. The van der Waals surface area contributed by atoms with Crippen molar-refractivity contribution in [2.45, 2.75) is 32.9 Å². The summed E-state index contributed by atoms with van der Waals surface area (Å²) in [6.07, 6.45) is 1.19. The largest absolute Gasteiger partial charge is 0.345 e. The van der Waals surface area contributed by atoms with Crippen LogP contribution in [0.1, 0.15) is 38.7 Å². The summed E-state index contributed by atoms with van der Waals surface area (Å²) >= 11 is 0. The van der Waals surface area contributed by atoms with Crippen LogP contribution in [0.25, 0.3) is 11.0 Å². The van der Waals surface area contributed by atoms with E-state index in [9.17, 15) is 9.59 Å². The smallest absolute Gasteiger partial charge is 0.246 e. The van der Waals surface area contributed by atoms with E-state index in [1.807, 2.05) is 31.2 Å². The van der Waals surface area contributed by atoms with Crippen LogP contribution in [0.3, 0.4) is 0 Å². The molecule has 0 aliphatic rings. The molecule has 0 fully saturated rings. The normalized spacial score (nSPS) is 12.2. The second kappa shape index (κ2) is 7.29. The standard InChI is InChI=1S/C18H24N4O2/c1-6-17(24)21(5)11-16(23)19-13(4)18-20-14-9-7-8-10-15(14)22(18)12(2)3/h6-10,12-13H,1,11H2,2-5H3,(H,19,23)/t13-/m0/s1. The average Bonchev–Trinajstić information content (AvgIpc) is 2.93. The monoisotopic (exact) mass is 328 g/mol. The number of fused-ring (bicyclic) bond motifs is 1. The summed E-state index contributed by atoms with van der Waals surface area (Å²) in [5.74, 6) is 0.284. The number of hydrogen-bond donors (Lipinski definition) is 1. The number of nitrogens with zero attached hydrogens (tertiary/aromatic N) is 3. The fraction of sp³-hybridized carbons (Fsp3) is 0.389. The predicted octanol–water partition coefficient (Wildman–Crippen LogP) is 2.44. The zero-order valence-corrected chi connectivity index (χ0v) is 14.6. The first-order chi connectivity index (χ1) is 11.3. The van der Waals surface area contributed by atoms with Crippen LogP contribution in [-0.2, 0) is 9.59 Å². The van der Waals surface area contributed by atoms with Crippen LogP contribution in [0, 0.1) is 0 Å². The van der Waals surface area contributed by atoms with Crippen molar-refractivity contribution >= 4 is 22.8 Å². The molecule has 0 spiro atoms. The average molecular weight is 328 g/mol. The second-order valence-electron chi connectivity index (χ2n) is 6.11. The molecule has 2 aromatic rings. The Morgan fingerprint density at radius 2 is 2.00 bits per heavy atom. The fourth-order valence-electron chi connectivity index (χ4n) is 2.71. The molecule has 0 saturated carbocycles. The van der Waals surface area contributed by atoms with Crippen LogP contribution in [0.4, 0.5) is 0 Å². The van der Waals surface area contributed by atoms with Gasteiger partial charge in [-0.2, -0.15) is 0 Å². The van der Waals surface area contributed by atoms with Gasteiger partial charge in [-0.15, -0.1) is 0 Å². The number of benzene rings is 1. The Bertz CT molecular complexity index is 763. The summed E-state index contributed by atoms with van der Waals surface area (Å²) in [4.78, 5) is 29.6. The number of imidazole rings is 1. The molecule has 0 bridgehead atoms. The Balaban J connectivity index is 2.20. The number of carbonyl (C=O) groups is 2. The molecule has 1 heterocycles. The van der Waals surface area contributed by atoms with E-state index in [0.717, 1.165) is 16.9 Å². The maximum absolute atomic E-state index is 12.2. The highest BCUT2D eigenvalue weighted by Gasteiger charge is 2.20. The first kappa shape index (κ1) is 17.7. The maximum atomic E-state index is 12.2. The minimum atomic E-state index is -0.285. The number of para-hydroxylation sites is 2. The number of hydrogen-bond acceptors (Lipinski definition) is 3. The van der Waals surface area contributed by atoms with Gasteiger partial charge in [0.05, 0.1) is 23.6 Å². The third-order valence-electron chi connectivity index (χ3n) is 3.84. The van der Waals surface area contributed by atoms with Gasteiger partial charge in [-0.1, -0.05) is 18.7 Å². The van der Waals surface area contributed by atoms with Crippen molar-refractivity contribution in [1.29, 1.82) is 0 Å². The summed E-state index contributed by atoms with van der Waals surface area (Å²) in [5.41, 5.74) is 1.95. The first-order valence-corrected chi connectivity index (χ1v) is 7.99. The van der Waals surface area contributed by atoms with Gasteiger partial charge < -0.3 is 14.8 Å². The van der Waals surface area contributed by atoms with Crippen molar-refractivity contribution in [1.82, 2.24) is 19.8 Å². The van der Waals surface area contributed by atoms with E-state index in [0.29, 0.717) is 0 Å². The molecule has 0 unspecified atom stereocenters. The summed E-state index contributed by atoms with van der Waals surface area (Å²) in [6.45, 7) is 9.47. The predicted molar refractivity (Wildman–Crippen MR) is 94.5 cm³/mol. The van der Waals surface area contributed by atoms with Crippen molar-refractivity contribution < 1.29 is 9.59 Å². The number of aromatic nitrogens is 2. The van der Waals surface area contributed by atoms with Crippen LogP contribution < -0.4 is 5.32 Å². The number of amides is 2. The van der Waals surface area contributed by atoms with Gasteiger partial charge in [0.15, 0.2) is 0 Å². The zero-order chi connectivity index (χ0) is 17.9. The van der Waals surface area contributed by atoms with Crippen LogP contribution in [-0.4, -0.2) is 39.9 Å². The SMILES string of the molecule is C=CC(=O)N(C)CC(=O)N[C@@H](C)c1nc2ccccc2n1C(C)C. The Morgan fingerprint density at radius 3 is 2.62 bits per heavy atom. The molecule has 0 saturated heterocycles. The summed E-state index contributed by atoms with van der Waals surface area (Å²) in [5, 5.41) is 2.91. The van der Waals surface area contributed by atoms with Gasteiger partial charge in [-0.05, 0) is 39.0 Å². The van der Waals surface area contributed by atoms with Crippen LogP contribution in [0.2, 0.25) is 0 Å². The second-order valence-corrected chi connectivity index (χ2v) is 6.11. The van der Waals surface area contributed by atoms with E-state index in [-0.39, 0.29) is 30.4 Å². The zero-order valence-electron chi connectivity index (χ0n) is 14.6. The third kappa shape index (κ3) is 3.64. The molecule has 0 aliphatic heterocycles. The Hall–Kier alpha value is -2.63. The molecule has 128 valence electrons. The van der Waals surface area contributed by atoms with Crippen molar-refractivity contribution in [2.75, 3.05) is 13.6 Å². The quantitative estimate of drug-likeness (QED) is 0.828. The van der Waals surface area contributed by atoms with Crippen molar-refractivity contribution in [3.63, 3.8) is 0 Å². The molecule has 6 nitrogen and oxygen atoms in total. The number of likely N-dealkylation sites (N-methyl/N-ethyl adjacent to an activating group) is 1. The van der Waals surface area contributed by atoms with E-state index >= 15 is 0 Å². The lowest BCUT2D eigenvalue weighted by molar-refractivity contribution is -0.131. The third-order valence-corrected chi connectivity index (χ3v) is 3.84. The van der Waals surface area contributed by atoms with Gasteiger partial charge in [0.2, 0.25) is 11.8 Å². The molecule has 1 atom stereocenters. The van der Waals surface area contributed by atoms with Crippen LogP contribution in [0.5, 0.6) is 0 Å². The molecule has 1 aromatic carbocycles. The lowest BCUT2D eigenvalue weighted by atomic mass is 10.2. The van der Waals surface area contributed by atoms with Gasteiger partial charge in [-0.25, -0.2) is 4.98 Å².